The number of nitrogens with zero attached hydrogens (tertiary/aromatic N) is 2. The zero-order valence-electron chi connectivity index (χ0n) is 12.9. The maximum atomic E-state index is 6.18. The molecular formula is C17H24BrN3. The van der Waals surface area contributed by atoms with E-state index in [-0.39, 0.29) is 5.41 Å². The maximum Gasteiger partial charge on any atom is 0.141 e. The lowest BCUT2D eigenvalue weighted by atomic mass is 9.49. The normalized spacial score (nSPS) is 37.4. The van der Waals surface area contributed by atoms with Gasteiger partial charge in [0.05, 0.1) is 10.2 Å². The van der Waals surface area contributed by atoms with E-state index in [9.17, 15) is 0 Å². The van der Waals surface area contributed by atoms with E-state index in [1.165, 1.54) is 38.5 Å². The van der Waals surface area contributed by atoms with E-state index >= 15 is 0 Å². The van der Waals surface area contributed by atoms with Gasteiger partial charge in [0.25, 0.3) is 0 Å². The minimum atomic E-state index is 0.229. The SMILES string of the molecule is CC(C)c1nc(C23CC4CC(CC(C4)C2)C3)nc(N)c1Br. The Morgan fingerprint density at radius 2 is 1.57 bits per heavy atom. The third kappa shape index (κ3) is 2.13. The monoisotopic (exact) mass is 349 g/mol. The van der Waals surface area contributed by atoms with E-state index in [1.54, 1.807) is 0 Å². The number of halogens is 1. The summed E-state index contributed by atoms with van der Waals surface area (Å²) in [6.45, 7) is 4.35. The van der Waals surface area contributed by atoms with Crippen molar-refractivity contribution in [1.82, 2.24) is 9.97 Å². The predicted octanol–water partition coefficient (Wildman–Crippen LogP) is 4.41. The van der Waals surface area contributed by atoms with Crippen molar-refractivity contribution in [1.29, 1.82) is 0 Å². The van der Waals surface area contributed by atoms with E-state index in [0.29, 0.717) is 11.7 Å². The van der Waals surface area contributed by atoms with Gasteiger partial charge in [-0.25, -0.2) is 9.97 Å². The van der Waals surface area contributed by atoms with Gasteiger partial charge in [-0.05, 0) is 78.1 Å². The Hall–Kier alpha value is -0.640. The number of hydrogen-bond acceptors (Lipinski definition) is 3. The van der Waals surface area contributed by atoms with Crippen molar-refractivity contribution < 1.29 is 0 Å². The Balaban J connectivity index is 1.79. The van der Waals surface area contributed by atoms with E-state index in [2.05, 4.69) is 29.8 Å². The second-order valence-corrected chi connectivity index (χ2v) is 8.78. The minimum Gasteiger partial charge on any atom is -0.383 e. The molecule has 0 aromatic carbocycles. The fourth-order valence-corrected chi connectivity index (χ4v) is 6.12. The first-order chi connectivity index (χ1) is 9.97. The Morgan fingerprint density at radius 3 is 2.05 bits per heavy atom. The van der Waals surface area contributed by atoms with Crippen LogP contribution in [0.5, 0.6) is 0 Å². The van der Waals surface area contributed by atoms with Crippen LogP contribution in [0.4, 0.5) is 5.82 Å². The number of anilines is 1. The lowest BCUT2D eigenvalue weighted by molar-refractivity contribution is -0.00946. The van der Waals surface area contributed by atoms with Crippen LogP contribution in [0.25, 0.3) is 0 Å². The molecule has 4 aliphatic rings. The van der Waals surface area contributed by atoms with Gasteiger partial charge in [0.2, 0.25) is 0 Å². The van der Waals surface area contributed by atoms with Crippen molar-refractivity contribution in [3.8, 4) is 0 Å². The van der Waals surface area contributed by atoms with Crippen LogP contribution in [0.3, 0.4) is 0 Å². The van der Waals surface area contributed by atoms with Gasteiger partial charge in [-0.1, -0.05) is 13.8 Å². The molecule has 3 nitrogen and oxygen atoms in total. The number of hydrogen-bond donors (Lipinski definition) is 1. The first-order valence-corrected chi connectivity index (χ1v) is 9.09. The van der Waals surface area contributed by atoms with Gasteiger partial charge in [0.15, 0.2) is 0 Å². The molecule has 114 valence electrons. The molecule has 4 aliphatic carbocycles. The Kier molecular flexibility index (Phi) is 3.11. The van der Waals surface area contributed by atoms with Crippen molar-refractivity contribution >= 4 is 21.7 Å². The van der Waals surface area contributed by atoms with Crippen LogP contribution < -0.4 is 5.73 Å². The van der Waals surface area contributed by atoms with Crippen molar-refractivity contribution in [3.05, 3.63) is 16.0 Å². The summed E-state index contributed by atoms with van der Waals surface area (Å²) >= 11 is 3.57. The van der Waals surface area contributed by atoms with Crippen LogP contribution >= 0.6 is 15.9 Å². The number of aromatic nitrogens is 2. The summed E-state index contributed by atoms with van der Waals surface area (Å²) in [5.74, 6) is 4.77. The molecule has 21 heavy (non-hydrogen) atoms. The van der Waals surface area contributed by atoms with Gasteiger partial charge < -0.3 is 5.73 Å². The molecule has 4 heteroatoms. The largest absolute Gasteiger partial charge is 0.383 e. The minimum absolute atomic E-state index is 0.229. The van der Waals surface area contributed by atoms with Crippen LogP contribution in [-0.4, -0.2) is 9.97 Å². The lowest BCUT2D eigenvalue weighted by Crippen LogP contribution is -2.49. The quantitative estimate of drug-likeness (QED) is 0.859. The standard InChI is InChI=1S/C17H24BrN3/c1-9(2)14-13(18)15(19)21-16(20-14)17-6-10-3-11(7-17)5-12(4-10)8-17/h9-12H,3-8H2,1-2H3,(H2,19,20,21). The maximum absolute atomic E-state index is 6.18. The van der Waals surface area contributed by atoms with E-state index in [0.717, 1.165) is 33.7 Å². The van der Waals surface area contributed by atoms with Crippen molar-refractivity contribution in [2.24, 2.45) is 17.8 Å². The molecule has 0 amide bonds. The summed E-state index contributed by atoms with van der Waals surface area (Å²) in [5, 5.41) is 0. The van der Waals surface area contributed by atoms with E-state index < -0.39 is 0 Å². The second kappa shape index (κ2) is 4.68. The second-order valence-electron chi connectivity index (χ2n) is 7.98. The molecule has 4 saturated carbocycles. The summed E-state index contributed by atoms with van der Waals surface area (Å²) in [7, 11) is 0. The van der Waals surface area contributed by atoms with Crippen LogP contribution in [0, 0.1) is 17.8 Å². The first kappa shape index (κ1) is 14.0. The molecule has 5 rings (SSSR count). The van der Waals surface area contributed by atoms with Gasteiger partial charge in [-0.3, -0.25) is 0 Å². The summed E-state index contributed by atoms with van der Waals surface area (Å²) in [6, 6.07) is 0. The number of rotatable bonds is 2. The molecule has 2 N–H and O–H groups in total. The fourth-order valence-electron chi connectivity index (χ4n) is 5.49. The van der Waals surface area contributed by atoms with Gasteiger partial charge in [0.1, 0.15) is 11.6 Å². The molecule has 0 unspecified atom stereocenters. The van der Waals surface area contributed by atoms with Crippen LogP contribution in [0.1, 0.15) is 69.8 Å². The third-order valence-electron chi connectivity index (χ3n) is 5.96. The van der Waals surface area contributed by atoms with Gasteiger partial charge in [-0.15, -0.1) is 0 Å². The lowest BCUT2D eigenvalue weighted by Gasteiger charge is -2.56. The highest BCUT2D eigenvalue weighted by Gasteiger charge is 2.53. The van der Waals surface area contributed by atoms with Gasteiger partial charge >= 0.3 is 0 Å². The number of nitrogens with two attached hydrogens (primary N) is 1. The molecule has 1 aromatic heterocycles. The molecule has 1 heterocycles. The van der Waals surface area contributed by atoms with E-state index in [4.69, 9.17) is 15.7 Å². The smallest absolute Gasteiger partial charge is 0.141 e. The van der Waals surface area contributed by atoms with Crippen molar-refractivity contribution in [3.63, 3.8) is 0 Å². The highest BCUT2D eigenvalue weighted by Crippen LogP contribution is 2.60. The average Bonchev–Trinajstić information content (AvgIpc) is 2.39. The van der Waals surface area contributed by atoms with E-state index in [1.807, 2.05) is 0 Å². The molecule has 0 saturated heterocycles. The van der Waals surface area contributed by atoms with Crippen LogP contribution in [0.2, 0.25) is 0 Å². The molecule has 4 bridgehead atoms. The first-order valence-electron chi connectivity index (χ1n) is 8.30. The molecule has 0 aliphatic heterocycles. The molecule has 4 fully saturated rings. The Bertz CT molecular complexity index is 546. The highest BCUT2D eigenvalue weighted by molar-refractivity contribution is 9.10. The predicted molar refractivity (Wildman–Crippen MR) is 88.1 cm³/mol. The van der Waals surface area contributed by atoms with Crippen molar-refractivity contribution in [2.45, 2.75) is 63.7 Å². The Labute approximate surface area is 135 Å². The zero-order valence-corrected chi connectivity index (χ0v) is 14.5. The zero-order chi connectivity index (χ0) is 14.8. The molecule has 0 radical (unpaired) electrons. The topological polar surface area (TPSA) is 51.8 Å². The van der Waals surface area contributed by atoms with Gasteiger partial charge in [0, 0.05) is 5.41 Å². The molecule has 0 spiro atoms. The summed E-state index contributed by atoms with van der Waals surface area (Å²) in [4.78, 5) is 9.71. The summed E-state index contributed by atoms with van der Waals surface area (Å²) in [6.07, 6.45) is 8.21. The van der Waals surface area contributed by atoms with Crippen LogP contribution in [0.15, 0.2) is 4.47 Å². The van der Waals surface area contributed by atoms with Gasteiger partial charge in [-0.2, -0.15) is 0 Å². The third-order valence-corrected chi connectivity index (χ3v) is 6.77. The number of nitrogen functional groups attached to an aromatic ring is 1. The molecule has 0 atom stereocenters. The fraction of sp³-hybridized carbons (Fsp3) is 0.765. The Morgan fingerprint density at radius 1 is 1.05 bits per heavy atom. The molecular weight excluding hydrogens is 326 g/mol. The highest BCUT2D eigenvalue weighted by atomic mass is 79.9. The summed E-state index contributed by atoms with van der Waals surface area (Å²) < 4.78 is 0.894. The summed E-state index contributed by atoms with van der Waals surface area (Å²) in [5.41, 5.74) is 7.49. The average molecular weight is 350 g/mol. The molecule has 1 aromatic rings. The van der Waals surface area contributed by atoms with Crippen molar-refractivity contribution in [2.75, 3.05) is 5.73 Å². The van der Waals surface area contributed by atoms with Crippen LogP contribution in [-0.2, 0) is 5.41 Å².